The summed E-state index contributed by atoms with van der Waals surface area (Å²) in [6.07, 6.45) is 10.5. The highest BCUT2D eigenvalue weighted by molar-refractivity contribution is 5.95. The Morgan fingerprint density at radius 1 is 0.893 bits per heavy atom. The highest BCUT2D eigenvalue weighted by Gasteiger charge is 2.16. The van der Waals surface area contributed by atoms with E-state index in [1.54, 1.807) is 29.4 Å². The van der Waals surface area contributed by atoms with Gasteiger partial charge in [-0.15, -0.1) is 0 Å². The van der Waals surface area contributed by atoms with Crippen molar-refractivity contribution < 1.29 is 9.59 Å². The third kappa shape index (κ3) is 7.91. The van der Waals surface area contributed by atoms with Gasteiger partial charge in [0, 0.05) is 43.2 Å². The third-order valence-electron chi connectivity index (χ3n) is 4.66. The van der Waals surface area contributed by atoms with Gasteiger partial charge in [-0.25, -0.2) is 0 Å². The molecular formula is C23H31N3O2. The number of anilines is 1. The zero-order valence-electron chi connectivity index (χ0n) is 16.8. The molecule has 28 heavy (non-hydrogen) atoms. The quantitative estimate of drug-likeness (QED) is 0.531. The second-order valence-corrected chi connectivity index (χ2v) is 6.96. The second kappa shape index (κ2) is 12.7. The molecule has 0 spiro atoms. The van der Waals surface area contributed by atoms with Crippen molar-refractivity contribution in [3.8, 4) is 0 Å². The molecule has 1 aromatic carbocycles. The van der Waals surface area contributed by atoms with Crippen molar-refractivity contribution in [2.24, 2.45) is 0 Å². The monoisotopic (exact) mass is 381 g/mol. The van der Waals surface area contributed by atoms with Crippen molar-refractivity contribution in [2.75, 3.05) is 18.4 Å². The number of amides is 2. The van der Waals surface area contributed by atoms with Crippen LogP contribution in [-0.2, 0) is 4.79 Å². The Morgan fingerprint density at radius 3 is 2.29 bits per heavy atom. The number of nitrogens with one attached hydrogen (secondary N) is 1. The van der Waals surface area contributed by atoms with Crippen molar-refractivity contribution >= 4 is 17.5 Å². The van der Waals surface area contributed by atoms with E-state index < -0.39 is 0 Å². The fourth-order valence-corrected chi connectivity index (χ4v) is 3.06. The van der Waals surface area contributed by atoms with E-state index in [1.165, 1.54) is 25.7 Å². The lowest BCUT2D eigenvalue weighted by Gasteiger charge is -2.22. The van der Waals surface area contributed by atoms with E-state index in [0.717, 1.165) is 18.5 Å². The van der Waals surface area contributed by atoms with E-state index in [4.69, 9.17) is 0 Å². The molecule has 0 saturated heterocycles. The summed E-state index contributed by atoms with van der Waals surface area (Å²) in [4.78, 5) is 30.9. The normalized spacial score (nSPS) is 10.5. The van der Waals surface area contributed by atoms with Crippen LogP contribution >= 0.6 is 0 Å². The van der Waals surface area contributed by atoms with Crippen molar-refractivity contribution in [3.63, 3.8) is 0 Å². The molecule has 2 amide bonds. The Hall–Kier alpha value is -2.69. The summed E-state index contributed by atoms with van der Waals surface area (Å²) >= 11 is 0. The summed E-state index contributed by atoms with van der Waals surface area (Å²) in [5, 5.41) is 2.88. The van der Waals surface area contributed by atoms with Crippen LogP contribution in [0.15, 0.2) is 54.9 Å². The highest BCUT2D eigenvalue weighted by atomic mass is 16.2. The Bertz CT molecular complexity index is 704. The smallest absolute Gasteiger partial charge is 0.253 e. The van der Waals surface area contributed by atoms with E-state index in [-0.39, 0.29) is 18.2 Å². The van der Waals surface area contributed by atoms with Gasteiger partial charge < -0.3 is 10.2 Å². The minimum Gasteiger partial charge on any atom is -0.338 e. The van der Waals surface area contributed by atoms with Crippen molar-refractivity contribution in [2.45, 2.75) is 51.9 Å². The molecule has 1 N–H and O–H groups in total. The number of para-hydroxylation sites is 1. The van der Waals surface area contributed by atoms with Gasteiger partial charge in [-0.2, -0.15) is 0 Å². The molecule has 5 nitrogen and oxygen atoms in total. The molecule has 1 aromatic heterocycles. The van der Waals surface area contributed by atoms with Gasteiger partial charge >= 0.3 is 0 Å². The number of nitrogens with zero attached hydrogens (tertiary/aromatic N) is 2. The summed E-state index contributed by atoms with van der Waals surface area (Å²) in [5.74, 6) is -0.120. The summed E-state index contributed by atoms with van der Waals surface area (Å²) < 4.78 is 0. The maximum absolute atomic E-state index is 12.8. The van der Waals surface area contributed by atoms with Crippen LogP contribution in [0.3, 0.4) is 0 Å². The van der Waals surface area contributed by atoms with Crippen LogP contribution in [0.5, 0.6) is 0 Å². The van der Waals surface area contributed by atoms with Gasteiger partial charge in [0.15, 0.2) is 0 Å². The summed E-state index contributed by atoms with van der Waals surface area (Å²) in [7, 11) is 0. The van der Waals surface area contributed by atoms with Gasteiger partial charge in [0.25, 0.3) is 5.91 Å². The van der Waals surface area contributed by atoms with E-state index in [9.17, 15) is 9.59 Å². The molecule has 2 rings (SSSR count). The number of unbranched alkanes of at least 4 members (excludes halogenated alkanes) is 5. The Kier molecular flexibility index (Phi) is 9.76. The molecule has 1 heterocycles. The molecule has 0 saturated carbocycles. The Balaban J connectivity index is 1.87. The number of hydrogen-bond acceptors (Lipinski definition) is 3. The van der Waals surface area contributed by atoms with E-state index >= 15 is 0 Å². The van der Waals surface area contributed by atoms with Crippen molar-refractivity contribution in [1.82, 2.24) is 9.88 Å². The number of hydrogen-bond donors (Lipinski definition) is 1. The molecule has 5 heteroatoms. The second-order valence-electron chi connectivity index (χ2n) is 6.96. The topological polar surface area (TPSA) is 62.3 Å². The summed E-state index contributed by atoms with van der Waals surface area (Å²) in [6.45, 7) is 3.29. The van der Waals surface area contributed by atoms with Gasteiger partial charge in [0.1, 0.15) is 0 Å². The minimum atomic E-state index is -0.0818. The van der Waals surface area contributed by atoms with Gasteiger partial charge in [-0.05, 0) is 30.7 Å². The number of carbonyl (C=O) groups excluding carboxylic acids is 2. The molecule has 0 unspecified atom stereocenters. The zero-order valence-corrected chi connectivity index (χ0v) is 16.8. The van der Waals surface area contributed by atoms with Crippen LogP contribution < -0.4 is 5.32 Å². The summed E-state index contributed by atoms with van der Waals surface area (Å²) in [5.41, 5.74) is 1.39. The highest BCUT2D eigenvalue weighted by Crippen LogP contribution is 2.11. The van der Waals surface area contributed by atoms with Crippen LogP contribution in [0.1, 0.15) is 62.2 Å². The van der Waals surface area contributed by atoms with Crippen LogP contribution in [0.25, 0.3) is 0 Å². The van der Waals surface area contributed by atoms with Crippen molar-refractivity contribution in [1.29, 1.82) is 0 Å². The van der Waals surface area contributed by atoms with Crippen LogP contribution in [0.2, 0.25) is 0 Å². The Morgan fingerprint density at radius 2 is 1.57 bits per heavy atom. The van der Waals surface area contributed by atoms with Gasteiger partial charge in [-0.1, -0.05) is 57.2 Å². The maximum Gasteiger partial charge on any atom is 0.253 e. The molecule has 0 atom stereocenters. The van der Waals surface area contributed by atoms with Crippen LogP contribution in [0.4, 0.5) is 5.69 Å². The number of carbonyl (C=O) groups is 2. The van der Waals surface area contributed by atoms with Crippen molar-refractivity contribution in [3.05, 3.63) is 60.4 Å². The molecule has 0 aliphatic carbocycles. The lowest BCUT2D eigenvalue weighted by Crippen LogP contribution is -2.34. The van der Waals surface area contributed by atoms with E-state index in [0.29, 0.717) is 18.7 Å². The molecule has 150 valence electrons. The summed E-state index contributed by atoms with van der Waals surface area (Å²) in [6, 6.07) is 12.8. The van der Waals surface area contributed by atoms with E-state index in [1.807, 2.05) is 30.3 Å². The predicted octanol–water partition coefficient (Wildman–Crippen LogP) is 4.91. The molecule has 0 aliphatic rings. The van der Waals surface area contributed by atoms with Gasteiger partial charge in [-0.3, -0.25) is 14.6 Å². The SMILES string of the molecule is CCCCCCCCN(CCC(=O)Nc1ccccc1)C(=O)c1ccncc1. The molecule has 0 fully saturated rings. The number of pyridine rings is 1. The standard InChI is InChI=1S/C23H31N3O2/c1-2-3-4-5-6-10-18-26(23(28)20-13-16-24-17-14-20)19-15-22(27)25-21-11-8-7-9-12-21/h7-9,11-14,16-17H,2-6,10,15,18-19H2,1H3,(H,25,27). The predicted molar refractivity (Wildman–Crippen MR) is 113 cm³/mol. The lowest BCUT2D eigenvalue weighted by molar-refractivity contribution is -0.116. The third-order valence-corrected chi connectivity index (χ3v) is 4.66. The van der Waals surface area contributed by atoms with E-state index in [2.05, 4.69) is 17.2 Å². The van der Waals surface area contributed by atoms with Crippen LogP contribution in [0, 0.1) is 0 Å². The number of rotatable bonds is 12. The number of benzene rings is 1. The number of aromatic nitrogens is 1. The first kappa shape index (κ1) is 21.6. The molecule has 0 bridgehead atoms. The largest absolute Gasteiger partial charge is 0.338 e. The average molecular weight is 382 g/mol. The lowest BCUT2D eigenvalue weighted by atomic mass is 10.1. The fraction of sp³-hybridized carbons (Fsp3) is 0.435. The zero-order chi connectivity index (χ0) is 20.0. The van der Waals surface area contributed by atoms with Gasteiger partial charge in [0.05, 0.1) is 0 Å². The van der Waals surface area contributed by atoms with Crippen LogP contribution in [-0.4, -0.2) is 34.8 Å². The molecule has 0 aliphatic heterocycles. The first-order chi connectivity index (χ1) is 13.7. The molecular weight excluding hydrogens is 350 g/mol. The minimum absolute atomic E-state index is 0.0385. The maximum atomic E-state index is 12.8. The fourth-order valence-electron chi connectivity index (χ4n) is 3.06. The molecule has 2 aromatic rings. The first-order valence-electron chi connectivity index (χ1n) is 10.2. The van der Waals surface area contributed by atoms with Gasteiger partial charge in [0.2, 0.25) is 5.91 Å². The molecule has 0 radical (unpaired) electrons. The Labute approximate surface area is 168 Å². The average Bonchev–Trinajstić information content (AvgIpc) is 2.73. The first-order valence-corrected chi connectivity index (χ1v) is 10.2.